The van der Waals surface area contributed by atoms with Crippen LogP contribution in [-0.2, 0) is 14.8 Å². The van der Waals surface area contributed by atoms with E-state index in [1.54, 1.807) is 13.8 Å². The summed E-state index contributed by atoms with van der Waals surface area (Å²) in [4.78, 5) is 13.8. The van der Waals surface area contributed by atoms with Crippen molar-refractivity contribution in [2.75, 3.05) is 6.54 Å². The number of piperidine rings is 1. The Morgan fingerprint density at radius 1 is 1.40 bits per heavy atom. The van der Waals surface area contributed by atoms with Crippen molar-refractivity contribution < 1.29 is 13.2 Å². The van der Waals surface area contributed by atoms with Gasteiger partial charge in [-0.2, -0.15) is 9.30 Å². The van der Waals surface area contributed by atoms with Crippen molar-refractivity contribution in [1.82, 2.24) is 4.31 Å². The molecule has 1 aliphatic rings. The highest BCUT2D eigenvalue weighted by molar-refractivity contribution is 7.89. The monoisotopic (exact) mass is 232 g/mol. The molecule has 0 spiro atoms. The van der Waals surface area contributed by atoms with Crippen LogP contribution in [0.15, 0.2) is 4.99 Å². The molecule has 0 aromatic carbocycles. The van der Waals surface area contributed by atoms with Crippen molar-refractivity contribution in [1.29, 1.82) is 0 Å². The fourth-order valence-electron chi connectivity index (χ4n) is 1.64. The maximum atomic E-state index is 11.9. The summed E-state index contributed by atoms with van der Waals surface area (Å²) in [6, 6.07) is 0. The smallest absolute Gasteiger partial charge is 0.212 e. The molecule has 1 heterocycles. The number of nitrogens with zero attached hydrogens (tertiary/aromatic N) is 2. The lowest BCUT2D eigenvalue weighted by Crippen LogP contribution is -2.45. The predicted molar refractivity (Wildman–Crippen MR) is 56.5 cm³/mol. The van der Waals surface area contributed by atoms with Crippen LogP contribution in [-0.4, -0.2) is 36.8 Å². The minimum absolute atomic E-state index is 0.455. The summed E-state index contributed by atoms with van der Waals surface area (Å²) in [5.74, 6) is 0. The van der Waals surface area contributed by atoms with Crippen LogP contribution in [0.2, 0.25) is 0 Å². The maximum Gasteiger partial charge on any atom is 0.236 e. The third-order valence-corrected chi connectivity index (χ3v) is 4.82. The first-order valence-corrected chi connectivity index (χ1v) is 6.58. The van der Waals surface area contributed by atoms with Gasteiger partial charge in [-0.3, -0.25) is 0 Å². The summed E-state index contributed by atoms with van der Waals surface area (Å²) in [6.07, 6.45) is 3.25. The van der Waals surface area contributed by atoms with E-state index in [1.807, 2.05) is 0 Å². The molecule has 0 radical (unpaired) electrons. The molecular formula is C9H16N2O3S. The number of isocyanates is 1. The van der Waals surface area contributed by atoms with Gasteiger partial charge in [-0.15, -0.1) is 0 Å². The van der Waals surface area contributed by atoms with E-state index >= 15 is 0 Å². The highest BCUT2D eigenvalue weighted by atomic mass is 32.2. The first-order valence-electron chi connectivity index (χ1n) is 5.07. The van der Waals surface area contributed by atoms with Crippen LogP contribution < -0.4 is 0 Å². The van der Waals surface area contributed by atoms with Crippen molar-refractivity contribution in [3.05, 3.63) is 0 Å². The van der Waals surface area contributed by atoms with Crippen LogP contribution in [0, 0.1) is 0 Å². The number of sulfonamides is 1. The lowest BCUT2D eigenvalue weighted by molar-refractivity contribution is 0.257. The summed E-state index contributed by atoms with van der Waals surface area (Å²) in [5, 5.41) is -0.472. The van der Waals surface area contributed by atoms with Crippen molar-refractivity contribution in [2.45, 2.75) is 44.5 Å². The van der Waals surface area contributed by atoms with Gasteiger partial charge in [0.05, 0.1) is 5.25 Å². The minimum Gasteiger partial charge on any atom is -0.212 e. The molecule has 86 valence electrons. The van der Waals surface area contributed by atoms with E-state index in [-0.39, 0.29) is 0 Å². The first kappa shape index (κ1) is 12.4. The Morgan fingerprint density at radius 3 is 2.60 bits per heavy atom. The van der Waals surface area contributed by atoms with Crippen molar-refractivity contribution in [2.24, 2.45) is 4.99 Å². The van der Waals surface area contributed by atoms with E-state index in [0.717, 1.165) is 12.8 Å². The van der Waals surface area contributed by atoms with E-state index in [4.69, 9.17) is 0 Å². The van der Waals surface area contributed by atoms with Gasteiger partial charge in [0.1, 0.15) is 6.17 Å². The Morgan fingerprint density at radius 2 is 2.07 bits per heavy atom. The molecule has 5 nitrogen and oxygen atoms in total. The number of aliphatic imine (C=N–C) groups is 1. The van der Waals surface area contributed by atoms with Crippen molar-refractivity contribution in [3.8, 4) is 0 Å². The average Bonchev–Trinajstić information content (AvgIpc) is 2.18. The summed E-state index contributed by atoms with van der Waals surface area (Å²) in [5.41, 5.74) is 0. The maximum absolute atomic E-state index is 11.9. The fraction of sp³-hybridized carbons (Fsp3) is 0.889. The second-order valence-corrected chi connectivity index (χ2v) is 6.34. The van der Waals surface area contributed by atoms with Gasteiger partial charge in [0, 0.05) is 6.54 Å². The van der Waals surface area contributed by atoms with Gasteiger partial charge in [0.15, 0.2) is 0 Å². The molecular weight excluding hydrogens is 216 g/mol. The highest BCUT2D eigenvalue weighted by Crippen LogP contribution is 2.23. The average molecular weight is 232 g/mol. The molecule has 0 N–H and O–H groups in total. The molecule has 1 aliphatic heterocycles. The molecule has 1 fully saturated rings. The standard InChI is InChI=1S/C9H16N2O3S/c1-8(2)15(13,14)11-6-4-3-5-9(11)10-7-12/h8-9H,3-6H2,1-2H3. The zero-order chi connectivity index (χ0) is 11.5. The number of rotatable bonds is 3. The van der Waals surface area contributed by atoms with Gasteiger partial charge in [0.25, 0.3) is 0 Å². The molecule has 0 amide bonds. The number of hydrogen-bond donors (Lipinski definition) is 0. The Kier molecular flexibility index (Phi) is 4.02. The van der Waals surface area contributed by atoms with Crippen LogP contribution in [0.3, 0.4) is 0 Å². The molecule has 0 bridgehead atoms. The second-order valence-electron chi connectivity index (χ2n) is 3.90. The van der Waals surface area contributed by atoms with Crippen molar-refractivity contribution in [3.63, 3.8) is 0 Å². The van der Waals surface area contributed by atoms with Crippen molar-refractivity contribution >= 4 is 16.1 Å². The van der Waals surface area contributed by atoms with Crippen LogP contribution >= 0.6 is 0 Å². The first-order chi connectivity index (χ1) is 7.00. The van der Waals surface area contributed by atoms with Gasteiger partial charge < -0.3 is 0 Å². The second kappa shape index (κ2) is 4.88. The third kappa shape index (κ3) is 2.65. The topological polar surface area (TPSA) is 66.8 Å². The third-order valence-electron chi connectivity index (χ3n) is 2.55. The molecule has 0 aliphatic carbocycles. The van der Waals surface area contributed by atoms with Crippen LogP contribution in [0.1, 0.15) is 33.1 Å². The van der Waals surface area contributed by atoms with E-state index in [9.17, 15) is 13.2 Å². The number of carbonyl (C=O) groups excluding carboxylic acids is 1. The van der Waals surface area contributed by atoms with Crippen LogP contribution in [0.4, 0.5) is 0 Å². The summed E-state index contributed by atoms with van der Waals surface area (Å²) < 4.78 is 25.1. The SMILES string of the molecule is CC(C)S(=O)(=O)N1CCCCC1N=C=O. The Balaban J connectivity index is 2.95. The normalized spacial score (nSPS) is 23.8. The van der Waals surface area contributed by atoms with E-state index in [1.165, 1.54) is 10.4 Å². The van der Waals surface area contributed by atoms with E-state index in [0.29, 0.717) is 13.0 Å². The van der Waals surface area contributed by atoms with E-state index < -0.39 is 21.4 Å². The largest absolute Gasteiger partial charge is 0.236 e. The molecule has 1 saturated heterocycles. The minimum atomic E-state index is -3.31. The van der Waals surface area contributed by atoms with Crippen LogP contribution in [0.25, 0.3) is 0 Å². The zero-order valence-corrected chi connectivity index (χ0v) is 9.83. The molecule has 0 saturated carbocycles. The Labute approximate surface area is 90.2 Å². The number of hydrogen-bond acceptors (Lipinski definition) is 4. The summed E-state index contributed by atoms with van der Waals surface area (Å²) in [7, 11) is -3.31. The molecule has 0 aromatic rings. The van der Waals surface area contributed by atoms with Gasteiger partial charge in [-0.1, -0.05) is 0 Å². The van der Waals surface area contributed by atoms with Gasteiger partial charge in [-0.25, -0.2) is 13.2 Å². The van der Waals surface area contributed by atoms with Gasteiger partial charge >= 0.3 is 0 Å². The lowest BCUT2D eigenvalue weighted by Gasteiger charge is -2.32. The summed E-state index contributed by atoms with van der Waals surface area (Å²) in [6.45, 7) is 3.72. The Bertz CT molecular complexity index is 358. The lowest BCUT2D eigenvalue weighted by atomic mass is 10.1. The fourth-order valence-corrected chi connectivity index (χ4v) is 3.06. The quantitative estimate of drug-likeness (QED) is 0.535. The zero-order valence-electron chi connectivity index (χ0n) is 9.01. The molecule has 1 unspecified atom stereocenters. The van der Waals surface area contributed by atoms with Gasteiger partial charge in [-0.05, 0) is 33.1 Å². The highest BCUT2D eigenvalue weighted by Gasteiger charge is 2.33. The molecule has 1 rings (SSSR count). The predicted octanol–water partition coefficient (Wildman–Crippen LogP) is 0.872. The molecule has 15 heavy (non-hydrogen) atoms. The van der Waals surface area contributed by atoms with Crippen LogP contribution in [0.5, 0.6) is 0 Å². The van der Waals surface area contributed by atoms with Gasteiger partial charge in [0.2, 0.25) is 16.1 Å². The van der Waals surface area contributed by atoms with E-state index in [2.05, 4.69) is 4.99 Å². The molecule has 6 heteroatoms. The molecule has 1 atom stereocenters. The Hall–Kier alpha value is -0.710. The summed E-state index contributed by atoms with van der Waals surface area (Å²) >= 11 is 0. The molecule has 0 aromatic heterocycles.